The number of amides is 2. The van der Waals surface area contributed by atoms with Crippen LogP contribution in [-0.2, 0) is 9.59 Å². The lowest BCUT2D eigenvalue weighted by Gasteiger charge is -2.19. The van der Waals surface area contributed by atoms with Gasteiger partial charge in [0.05, 0.1) is 5.92 Å². The molecular formula is C19H18Cl2N2O2. The molecule has 1 saturated heterocycles. The summed E-state index contributed by atoms with van der Waals surface area (Å²) in [7, 11) is 0. The number of nitrogens with one attached hydrogen (secondary N) is 1. The molecule has 0 radical (unpaired) electrons. The van der Waals surface area contributed by atoms with Crippen molar-refractivity contribution in [3.8, 4) is 0 Å². The third-order valence-electron chi connectivity index (χ3n) is 4.40. The van der Waals surface area contributed by atoms with E-state index in [9.17, 15) is 9.59 Å². The van der Waals surface area contributed by atoms with Gasteiger partial charge >= 0.3 is 0 Å². The van der Waals surface area contributed by atoms with Crippen LogP contribution in [0.25, 0.3) is 0 Å². The monoisotopic (exact) mass is 376 g/mol. The van der Waals surface area contributed by atoms with Crippen LogP contribution in [0.4, 0.5) is 11.4 Å². The molecule has 1 aliphatic rings. The molecule has 4 nitrogen and oxygen atoms in total. The van der Waals surface area contributed by atoms with E-state index in [0.717, 1.165) is 16.8 Å². The number of hydrogen-bond donors (Lipinski definition) is 1. The van der Waals surface area contributed by atoms with Crippen molar-refractivity contribution in [3.63, 3.8) is 0 Å². The zero-order chi connectivity index (χ0) is 18.1. The summed E-state index contributed by atoms with van der Waals surface area (Å²) in [5.41, 5.74) is 3.30. The topological polar surface area (TPSA) is 49.4 Å². The van der Waals surface area contributed by atoms with Gasteiger partial charge in [-0.15, -0.1) is 0 Å². The molecular weight excluding hydrogens is 359 g/mol. The molecule has 25 heavy (non-hydrogen) atoms. The highest BCUT2D eigenvalue weighted by atomic mass is 35.5. The molecule has 3 rings (SSSR count). The molecule has 1 atom stereocenters. The summed E-state index contributed by atoms with van der Waals surface area (Å²) in [4.78, 5) is 26.6. The normalized spacial score (nSPS) is 17.0. The Labute approximate surface area is 156 Å². The molecule has 1 N–H and O–H groups in total. The average Bonchev–Trinajstić information content (AvgIpc) is 2.94. The van der Waals surface area contributed by atoms with Crippen LogP contribution in [-0.4, -0.2) is 18.4 Å². The van der Waals surface area contributed by atoms with E-state index in [0.29, 0.717) is 22.3 Å². The summed E-state index contributed by atoms with van der Waals surface area (Å²) in [5.74, 6) is -0.639. The number of aryl methyl sites for hydroxylation is 2. The molecule has 1 aliphatic heterocycles. The minimum Gasteiger partial charge on any atom is -0.326 e. The molecule has 0 aromatic heterocycles. The largest absolute Gasteiger partial charge is 0.326 e. The molecule has 2 amide bonds. The van der Waals surface area contributed by atoms with Gasteiger partial charge in [-0.25, -0.2) is 0 Å². The first kappa shape index (κ1) is 17.8. The molecule has 0 saturated carbocycles. The van der Waals surface area contributed by atoms with Crippen LogP contribution in [0.2, 0.25) is 10.0 Å². The molecule has 2 aromatic carbocycles. The number of nitrogens with zero attached hydrogens (tertiary/aromatic N) is 1. The minimum atomic E-state index is -0.402. The van der Waals surface area contributed by atoms with Gasteiger partial charge < -0.3 is 10.2 Å². The Morgan fingerprint density at radius 1 is 1.08 bits per heavy atom. The van der Waals surface area contributed by atoms with Crippen molar-refractivity contribution >= 4 is 46.4 Å². The van der Waals surface area contributed by atoms with Gasteiger partial charge in [0, 0.05) is 34.4 Å². The highest BCUT2D eigenvalue weighted by molar-refractivity contribution is 6.31. The molecule has 6 heteroatoms. The smallest absolute Gasteiger partial charge is 0.229 e. The van der Waals surface area contributed by atoms with Gasteiger partial charge in [-0.3, -0.25) is 9.59 Å². The lowest BCUT2D eigenvalue weighted by atomic mass is 10.1. The van der Waals surface area contributed by atoms with Crippen molar-refractivity contribution in [2.45, 2.75) is 20.3 Å². The Bertz CT molecular complexity index is 851. The maximum absolute atomic E-state index is 12.6. The van der Waals surface area contributed by atoms with Crippen LogP contribution >= 0.6 is 23.2 Å². The first-order valence-electron chi connectivity index (χ1n) is 7.98. The Balaban J connectivity index is 1.75. The lowest BCUT2D eigenvalue weighted by Crippen LogP contribution is -2.28. The van der Waals surface area contributed by atoms with E-state index in [1.807, 2.05) is 19.9 Å². The first-order valence-corrected chi connectivity index (χ1v) is 8.74. The summed E-state index contributed by atoms with van der Waals surface area (Å²) in [6, 6.07) is 10.7. The summed E-state index contributed by atoms with van der Waals surface area (Å²) >= 11 is 12.0. The fourth-order valence-corrected chi connectivity index (χ4v) is 3.38. The van der Waals surface area contributed by atoms with E-state index in [1.54, 1.807) is 35.2 Å². The predicted molar refractivity (Wildman–Crippen MR) is 101 cm³/mol. The van der Waals surface area contributed by atoms with Crippen LogP contribution in [0.15, 0.2) is 36.4 Å². The molecule has 130 valence electrons. The summed E-state index contributed by atoms with van der Waals surface area (Å²) in [5, 5.41) is 4.08. The zero-order valence-corrected chi connectivity index (χ0v) is 15.5. The van der Waals surface area contributed by atoms with Gasteiger partial charge in [-0.05, 0) is 55.3 Å². The molecule has 1 fully saturated rings. The Morgan fingerprint density at radius 2 is 1.76 bits per heavy atom. The molecule has 2 aromatic rings. The molecule has 0 aliphatic carbocycles. The number of anilines is 2. The summed E-state index contributed by atoms with van der Waals surface area (Å²) in [6.45, 7) is 4.14. The highest BCUT2D eigenvalue weighted by Gasteiger charge is 2.35. The van der Waals surface area contributed by atoms with E-state index in [2.05, 4.69) is 5.32 Å². The number of benzene rings is 2. The molecule has 0 bridgehead atoms. The van der Waals surface area contributed by atoms with Crippen molar-refractivity contribution in [3.05, 3.63) is 57.6 Å². The van der Waals surface area contributed by atoms with Gasteiger partial charge in [-0.1, -0.05) is 29.3 Å². The zero-order valence-electron chi connectivity index (χ0n) is 14.0. The second-order valence-electron chi connectivity index (χ2n) is 6.28. The number of halogens is 2. The highest BCUT2D eigenvalue weighted by Crippen LogP contribution is 2.31. The van der Waals surface area contributed by atoms with Crippen LogP contribution in [0.3, 0.4) is 0 Å². The standard InChI is InChI=1S/C19H18Cl2N2O2/c1-11-3-4-15(21)9-17(11)23-10-13(8-18(23)24)19(25)22-16-6-5-14(20)7-12(16)2/h3-7,9,13H,8,10H2,1-2H3,(H,22,25). The van der Waals surface area contributed by atoms with Crippen molar-refractivity contribution in [1.29, 1.82) is 0 Å². The second-order valence-corrected chi connectivity index (χ2v) is 7.16. The van der Waals surface area contributed by atoms with Crippen molar-refractivity contribution in [2.24, 2.45) is 5.92 Å². The van der Waals surface area contributed by atoms with Gasteiger partial charge in [0.1, 0.15) is 0 Å². The number of carbonyl (C=O) groups is 2. The molecule has 0 spiro atoms. The van der Waals surface area contributed by atoms with E-state index in [1.165, 1.54) is 0 Å². The average molecular weight is 377 g/mol. The molecule has 1 unspecified atom stereocenters. The van der Waals surface area contributed by atoms with Crippen LogP contribution in [0.1, 0.15) is 17.5 Å². The van der Waals surface area contributed by atoms with E-state index in [4.69, 9.17) is 23.2 Å². The number of rotatable bonds is 3. The number of hydrogen-bond acceptors (Lipinski definition) is 2. The summed E-state index contributed by atoms with van der Waals surface area (Å²) < 4.78 is 0. The Morgan fingerprint density at radius 3 is 2.48 bits per heavy atom. The van der Waals surface area contributed by atoms with Crippen LogP contribution in [0, 0.1) is 19.8 Å². The lowest BCUT2D eigenvalue weighted by molar-refractivity contribution is -0.122. The number of carbonyl (C=O) groups excluding carboxylic acids is 2. The third-order valence-corrected chi connectivity index (χ3v) is 4.87. The fourth-order valence-electron chi connectivity index (χ4n) is 2.99. The maximum atomic E-state index is 12.6. The Kier molecular flexibility index (Phi) is 5.02. The van der Waals surface area contributed by atoms with Crippen molar-refractivity contribution in [2.75, 3.05) is 16.8 Å². The van der Waals surface area contributed by atoms with Gasteiger partial charge in [0.2, 0.25) is 11.8 Å². The van der Waals surface area contributed by atoms with E-state index < -0.39 is 5.92 Å². The third kappa shape index (κ3) is 3.80. The summed E-state index contributed by atoms with van der Waals surface area (Å²) in [6.07, 6.45) is 0.185. The molecule has 1 heterocycles. The predicted octanol–water partition coefficient (Wildman–Crippen LogP) is 4.60. The quantitative estimate of drug-likeness (QED) is 0.850. The van der Waals surface area contributed by atoms with Crippen LogP contribution < -0.4 is 10.2 Å². The van der Waals surface area contributed by atoms with E-state index in [-0.39, 0.29) is 18.2 Å². The van der Waals surface area contributed by atoms with Crippen molar-refractivity contribution < 1.29 is 9.59 Å². The van der Waals surface area contributed by atoms with Gasteiger partial charge in [0.25, 0.3) is 0 Å². The SMILES string of the molecule is Cc1cc(Cl)ccc1NC(=O)C1CC(=O)N(c2cc(Cl)ccc2C)C1. The van der Waals surface area contributed by atoms with Crippen molar-refractivity contribution in [1.82, 2.24) is 0 Å². The van der Waals surface area contributed by atoms with E-state index >= 15 is 0 Å². The van der Waals surface area contributed by atoms with Crippen LogP contribution in [0.5, 0.6) is 0 Å². The second kappa shape index (κ2) is 7.06. The minimum absolute atomic E-state index is 0.0710. The maximum Gasteiger partial charge on any atom is 0.229 e. The Hall–Kier alpha value is -2.04. The first-order chi connectivity index (χ1) is 11.8. The fraction of sp³-hybridized carbons (Fsp3) is 0.263. The van der Waals surface area contributed by atoms with Gasteiger partial charge in [-0.2, -0.15) is 0 Å². The van der Waals surface area contributed by atoms with Gasteiger partial charge in [0.15, 0.2) is 0 Å².